The minimum Gasteiger partial charge on any atom is -0.493 e. The summed E-state index contributed by atoms with van der Waals surface area (Å²) in [6.07, 6.45) is 3.44. The SMILES string of the molecule is CCCc1c(OCCCOc2ccc(C(C)C(=O)O)c(C)c2)ccc2c(CC)noc12. The predicted molar refractivity (Wildman–Crippen MR) is 120 cm³/mol. The standard InChI is InChI=1S/C25H31NO5/c1-5-8-21-23(12-11-20-22(6-2)26-31-24(20)21)30-14-7-13-29-18-9-10-19(16(3)15-18)17(4)25(27)28/h9-12,15,17H,5-8,13-14H2,1-4H3,(H,27,28). The highest BCUT2D eigenvalue weighted by atomic mass is 16.5. The van der Waals surface area contributed by atoms with Crippen molar-refractivity contribution in [2.24, 2.45) is 0 Å². The molecule has 1 atom stereocenters. The number of nitrogens with zero attached hydrogens (tertiary/aromatic N) is 1. The summed E-state index contributed by atoms with van der Waals surface area (Å²) < 4.78 is 17.5. The topological polar surface area (TPSA) is 81.8 Å². The Kier molecular flexibility index (Phi) is 7.55. The van der Waals surface area contributed by atoms with Crippen LogP contribution in [0.15, 0.2) is 34.9 Å². The Hall–Kier alpha value is -3.02. The Morgan fingerprint density at radius 3 is 2.61 bits per heavy atom. The zero-order chi connectivity index (χ0) is 22.4. The number of benzene rings is 2. The Morgan fingerprint density at radius 1 is 1.16 bits per heavy atom. The molecule has 0 aliphatic rings. The average Bonchev–Trinajstić information content (AvgIpc) is 3.18. The van der Waals surface area contributed by atoms with E-state index in [1.807, 2.05) is 37.3 Å². The first-order valence-electron chi connectivity index (χ1n) is 10.9. The van der Waals surface area contributed by atoms with Crippen LogP contribution in [0.2, 0.25) is 0 Å². The summed E-state index contributed by atoms with van der Waals surface area (Å²) in [5.41, 5.74) is 4.61. The van der Waals surface area contributed by atoms with E-state index < -0.39 is 11.9 Å². The number of carboxylic acid groups (broad SMARTS) is 1. The van der Waals surface area contributed by atoms with E-state index in [0.29, 0.717) is 13.2 Å². The maximum atomic E-state index is 11.2. The lowest BCUT2D eigenvalue weighted by Gasteiger charge is -2.14. The van der Waals surface area contributed by atoms with Gasteiger partial charge in [-0.05, 0) is 62.1 Å². The zero-order valence-corrected chi connectivity index (χ0v) is 18.7. The van der Waals surface area contributed by atoms with E-state index in [1.165, 1.54) is 0 Å². The van der Waals surface area contributed by atoms with Crippen molar-refractivity contribution in [3.63, 3.8) is 0 Å². The second-order valence-corrected chi connectivity index (χ2v) is 7.78. The molecule has 6 nitrogen and oxygen atoms in total. The highest BCUT2D eigenvalue weighted by Crippen LogP contribution is 2.31. The van der Waals surface area contributed by atoms with Crippen LogP contribution in [0.5, 0.6) is 11.5 Å². The molecule has 1 unspecified atom stereocenters. The summed E-state index contributed by atoms with van der Waals surface area (Å²) in [5.74, 6) is 0.220. The van der Waals surface area contributed by atoms with Crippen molar-refractivity contribution in [2.75, 3.05) is 13.2 Å². The van der Waals surface area contributed by atoms with Gasteiger partial charge in [-0.25, -0.2) is 0 Å². The van der Waals surface area contributed by atoms with Gasteiger partial charge in [0.1, 0.15) is 11.5 Å². The molecule has 0 aliphatic carbocycles. The van der Waals surface area contributed by atoms with Gasteiger partial charge in [-0.3, -0.25) is 4.79 Å². The number of ether oxygens (including phenoxy) is 2. The summed E-state index contributed by atoms with van der Waals surface area (Å²) in [6.45, 7) is 8.85. The molecule has 1 aromatic heterocycles. The zero-order valence-electron chi connectivity index (χ0n) is 18.7. The highest BCUT2D eigenvalue weighted by Gasteiger charge is 2.17. The third-order valence-electron chi connectivity index (χ3n) is 5.50. The molecule has 1 N–H and O–H groups in total. The van der Waals surface area contributed by atoms with Crippen LogP contribution in [0, 0.1) is 6.92 Å². The van der Waals surface area contributed by atoms with Crippen molar-refractivity contribution >= 4 is 16.9 Å². The van der Waals surface area contributed by atoms with Gasteiger partial charge in [0.2, 0.25) is 0 Å². The summed E-state index contributed by atoms with van der Waals surface area (Å²) in [6, 6.07) is 9.58. The number of rotatable bonds is 11. The Labute approximate surface area is 183 Å². The summed E-state index contributed by atoms with van der Waals surface area (Å²) in [5, 5.41) is 14.5. The molecule has 0 bridgehead atoms. The van der Waals surface area contributed by atoms with Gasteiger partial charge in [0.05, 0.1) is 24.8 Å². The molecular formula is C25H31NO5. The van der Waals surface area contributed by atoms with E-state index in [0.717, 1.165) is 70.5 Å². The van der Waals surface area contributed by atoms with Gasteiger partial charge in [0.25, 0.3) is 0 Å². The minimum absolute atomic E-state index is 0.515. The fraction of sp³-hybridized carbons (Fsp3) is 0.440. The lowest BCUT2D eigenvalue weighted by atomic mass is 9.96. The second-order valence-electron chi connectivity index (χ2n) is 7.78. The molecule has 3 aromatic rings. The normalized spacial score (nSPS) is 12.1. The number of fused-ring (bicyclic) bond motifs is 1. The van der Waals surface area contributed by atoms with Crippen LogP contribution in [0.25, 0.3) is 11.0 Å². The smallest absolute Gasteiger partial charge is 0.310 e. The van der Waals surface area contributed by atoms with Crippen molar-refractivity contribution < 1.29 is 23.9 Å². The third-order valence-corrected chi connectivity index (χ3v) is 5.50. The van der Waals surface area contributed by atoms with Gasteiger partial charge in [-0.15, -0.1) is 0 Å². The van der Waals surface area contributed by atoms with Gasteiger partial charge in [-0.2, -0.15) is 0 Å². The summed E-state index contributed by atoms with van der Waals surface area (Å²) >= 11 is 0. The molecule has 0 saturated carbocycles. The molecule has 0 spiro atoms. The van der Waals surface area contributed by atoms with Crippen LogP contribution in [0.1, 0.15) is 61.9 Å². The molecule has 0 amide bonds. The van der Waals surface area contributed by atoms with E-state index in [-0.39, 0.29) is 0 Å². The third kappa shape index (κ3) is 5.19. The Morgan fingerprint density at radius 2 is 1.94 bits per heavy atom. The summed E-state index contributed by atoms with van der Waals surface area (Å²) in [7, 11) is 0. The first kappa shape index (κ1) is 22.7. The van der Waals surface area contributed by atoms with Gasteiger partial charge >= 0.3 is 5.97 Å². The molecule has 0 saturated heterocycles. The Bertz CT molecular complexity index is 1040. The molecule has 31 heavy (non-hydrogen) atoms. The lowest BCUT2D eigenvalue weighted by Crippen LogP contribution is -2.09. The van der Waals surface area contributed by atoms with Crippen molar-refractivity contribution in [3.05, 3.63) is 52.7 Å². The van der Waals surface area contributed by atoms with E-state index in [2.05, 4.69) is 19.0 Å². The molecule has 1 heterocycles. The first-order chi connectivity index (χ1) is 15.0. The average molecular weight is 426 g/mol. The van der Waals surface area contributed by atoms with Crippen LogP contribution in [-0.4, -0.2) is 29.4 Å². The maximum absolute atomic E-state index is 11.2. The van der Waals surface area contributed by atoms with Crippen molar-refractivity contribution in [1.82, 2.24) is 5.16 Å². The number of carbonyl (C=O) groups is 1. The fourth-order valence-corrected chi connectivity index (χ4v) is 3.76. The Balaban J connectivity index is 1.56. The highest BCUT2D eigenvalue weighted by molar-refractivity contribution is 5.84. The molecule has 0 aliphatic heterocycles. The molecule has 0 radical (unpaired) electrons. The number of aryl methyl sites for hydroxylation is 3. The number of aromatic nitrogens is 1. The van der Waals surface area contributed by atoms with E-state index in [4.69, 9.17) is 14.0 Å². The maximum Gasteiger partial charge on any atom is 0.310 e. The van der Waals surface area contributed by atoms with Gasteiger partial charge in [0, 0.05) is 17.4 Å². The van der Waals surface area contributed by atoms with Crippen molar-refractivity contribution in [1.29, 1.82) is 0 Å². The number of carboxylic acids is 1. The number of hydrogen-bond donors (Lipinski definition) is 1. The van der Waals surface area contributed by atoms with Crippen molar-refractivity contribution in [2.45, 2.75) is 59.3 Å². The molecule has 0 fully saturated rings. The largest absolute Gasteiger partial charge is 0.493 e. The molecular weight excluding hydrogens is 394 g/mol. The fourth-order valence-electron chi connectivity index (χ4n) is 3.76. The minimum atomic E-state index is -0.828. The predicted octanol–water partition coefficient (Wildman–Crippen LogP) is 5.69. The monoisotopic (exact) mass is 425 g/mol. The van der Waals surface area contributed by atoms with E-state index >= 15 is 0 Å². The van der Waals surface area contributed by atoms with Crippen LogP contribution >= 0.6 is 0 Å². The molecule has 6 heteroatoms. The number of hydrogen-bond acceptors (Lipinski definition) is 5. The van der Waals surface area contributed by atoms with Crippen LogP contribution < -0.4 is 9.47 Å². The first-order valence-corrected chi connectivity index (χ1v) is 10.9. The van der Waals surface area contributed by atoms with Gasteiger partial charge in [-0.1, -0.05) is 31.5 Å². The van der Waals surface area contributed by atoms with E-state index in [1.54, 1.807) is 6.92 Å². The molecule has 166 valence electrons. The van der Waals surface area contributed by atoms with Crippen LogP contribution in [0.4, 0.5) is 0 Å². The molecule has 3 rings (SSSR count). The lowest BCUT2D eigenvalue weighted by molar-refractivity contribution is -0.138. The van der Waals surface area contributed by atoms with Crippen LogP contribution in [0.3, 0.4) is 0 Å². The van der Waals surface area contributed by atoms with Gasteiger partial charge < -0.3 is 19.1 Å². The quantitative estimate of drug-likeness (QED) is 0.398. The number of aliphatic carboxylic acids is 1. The van der Waals surface area contributed by atoms with Crippen molar-refractivity contribution in [3.8, 4) is 11.5 Å². The van der Waals surface area contributed by atoms with Gasteiger partial charge in [0.15, 0.2) is 5.58 Å². The summed E-state index contributed by atoms with van der Waals surface area (Å²) in [4.78, 5) is 11.2. The molecule has 2 aromatic carbocycles. The second kappa shape index (κ2) is 10.3. The van der Waals surface area contributed by atoms with Crippen LogP contribution in [-0.2, 0) is 17.6 Å². The van der Waals surface area contributed by atoms with E-state index in [9.17, 15) is 9.90 Å².